The Morgan fingerprint density at radius 3 is 2.50 bits per heavy atom. The highest BCUT2D eigenvalue weighted by Gasteiger charge is 2.33. The van der Waals surface area contributed by atoms with Crippen molar-refractivity contribution in [3.05, 3.63) is 47.2 Å². The number of carbonyl (C=O) groups is 1. The lowest BCUT2D eigenvalue weighted by Gasteiger charge is -2.15. The molecule has 1 aromatic heterocycles. The SMILES string of the molecule is CO/N=C(\C)C(=O)Nc1cccc(-c2nc(C(F)(F)F)ccc2C)c1C. The first-order chi connectivity index (χ1) is 12.1. The molecule has 1 amide bonds. The van der Waals surface area contributed by atoms with Gasteiger partial charge in [0.05, 0.1) is 5.69 Å². The largest absolute Gasteiger partial charge is 0.433 e. The second-order valence-electron chi connectivity index (χ2n) is 5.65. The van der Waals surface area contributed by atoms with Gasteiger partial charge in [0.1, 0.15) is 18.5 Å². The molecule has 8 heteroatoms. The average Bonchev–Trinajstić information content (AvgIpc) is 2.56. The first kappa shape index (κ1) is 19.4. The number of nitrogens with one attached hydrogen (secondary N) is 1. The number of nitrogens with zero attached hydrogens (tertiary/aromatic N) is 2. The predicted molar refractivity (Wildman–Crippen MR) is 92.9 cm³/mol. The molecule has 0 saturated heterocycles. The molecule has 0 spiro atoms. The smallest absolute Gasteiger partial charge is 0.399 e. The van der Waals surface area contributed by atoms with Crippen LogP contribution in [0.4, 0.5) is 18.9 Å². The molecule has 0 aliphatic rings. The van der Waals surface area contributed by atoms with Crippen LogP contribution in [0.2, 0.25) is 0 Å². The molecule has 0 saturated carbocycles. The standard InChI is InChI=1S/C18H18F3N3O2/c1-10-8-9-15(18(19,20)21)23-16(10)13-6-5-7-14(11(13)2)22-17(25)12(3)24-26-4/h5-9H,1-4H3,(H,22,25)/b24-12+. The Kier molecular flexibility index (Phi) is 5.64. The third kappa shape index (κ3) is 4.19. The van der Waals surface area contributed by atoms with Crippen LogP contribution in [0, 0.1) is 13.8 Å². The van der Waals surface area contributed by atoms with Gasteiger partial charge in [-0.3, -0.25) is 4.79 Å². The van der Waals surface area contributed by atoms with Gasteiger partial charge in [0, 0.05) is 11.3 Å². The van der Waals surface area contributed by atoms with Crippen molar-refractivity contribution in [3.8, 4) is 11.3 Å². The number of aryl methyl sites for hydroxylation is 1. The van der Waals surface area contributed by atoms with E-state index in [2.05, 4.69) is 20.3 Å². The van der Waals surface area contributed by atoms with E-state index in [4.69, 9.17) is 0 Å². The van der Waals surface area contributed by atoms with E-state index in [0.29, 0.717) is 22.4 Å². The van der Waals surface area contributed by atoms with Crippen LogP contribution in [0.1, 0.15) is 23.7 Å². The molecule has 1 aromatic carbocycles. The lowest BCUT2D eigenvalue weighted by molar-refractivity contribution is -0.141. The fraction of sp³-hybridized carbons (Fsp3) is 0.278. The van der Waals surface area contributed by atoms with E-state index in [9.17, 15) is 18.0 Å². The van der Waals surface area contributed by atoms with E-state index in [1.807, 2.05) is 0 Å². The summed E-state index contributed by atoms with van der Waals surface area (Å²) >= 11 is 0. The van der Waals surface area contributed by atoms with Crippen LogP contribution in [0.25, 0.3) is 11.3 Å². The summed E-state index contributed by atoms with van der Waals surface area (Å²) in [6.45, 7) is 4.87. The van der Waals surface area contributed by atoms with Crippen LogP contribution >= 0.6 is 0 Å². The van der Waals surface area contributed by atoms with E-state index in [1.165, 1.54) is 20.1 Å². The summed E-state index contributed by atoms with van der Waals surface area (Å²) in [5, 5.41) is 6.22. The molecule has 0 unspecified atom stereocenters. The minimum atomic E-state index is -4.53. The zero-order valence-corrected chi connectivity index (χ0v) is 14.7. The fourth-order valence-electron chi connectivity index (χ4n) is 2.38. The second-order valence-corrected chi connectivity index (χ2v) is 5.65. The number of hydrogen-bond acceptors (Lipinski definition) is 4. The Bertz CT molecular complexity index is 861. The molecule has 26 heavy (non-hydrogen) atoms. The molecule has 2 aromatic rings. The molecule has 0 aliphatic carbocycles. The summed E-state index contributed by atoms with van der Waals surface area (Å²) < 4.78 is 39.0. The van der Waals surface area contributed by atoms with Gasteiger partial charge in [0.25, 0.3) is 5.91 Å². The average molecular weight is 365 g/mol. The zero-order chi connectivity index (χ0) is 19.5. The third-order valence-electron chi connectivity index (χ3n) is 3.78. The summed E-state index contributed by atoms with van der Waals surface area (Å²) in [6, 6.07) is 7.29. The molecular formula is C18H18F3N3O2. The normalized spacial score (nSPS) is 12.0. The molecule has 0 fully saturated rings. The summed E-state index contributed by atoms with van der Waals surface area (Å²) in [5.41, 5.74) is 1.53. The van der Waals surface area contributed by atoms with Gasteiger partial charge in [-0.1, -0.05) is 23.4 Å². The monoisotopic (exact) mass is 365 g/mol. The van der Waals surface area contributed by atoms with Crippen molar-refractivity contribution in [1.29, 1.82) is 0 Å². The van der Waals surface area contributed by atoms with Gasteiger partial charge >= 0.3 is 6.18 Å². The maximum atomic E-state index is 13.0. The number of hydrogen-bond donors (Lipinski definition) is 1. The summed E-state index contributed by atoms with van der Waals surface area (Å²) in [7, 11) is 1.32. The molecule has 138 valence electrons. The highest BCUT2D eigenvalue weighted by atomic mass is 19.4. The quantitative estimate of drug-likeness (QED) is 0.647. The number of amides is 1. The number of oxime groups is 1. The van der Waals surface area contributed by atoms with E-state index >= 15 is 0 Å². The number of carbonyl (C=O) groups excluding carboxylic acids is 1. The molecule has 0 radical (unpaired) electrons. The third-order valence-corrected chi connectivity index (χ3v) is 3.78. The molecule has 0 aliphatic heterocycles. The van der Waals surface area contributed by atoms with Crippen LogP contribution in [-0.4, -0.2) is 23.7 Å². The topological polar surface area (TPSA) is 63.6 Å². The molecule has 2 rings (SSSR count). The van der Waals surface area contributed by atoms with Crippen molar-refractivity contribution in [2.45, 2.75) is 26.9 Å². The van der Waals surface area contributed by atoms with Gasteiger partial charge in [-0.05, 0) is 44.0 Å². The van der Waals surface area contributed by atoms with Gasteiger partial charge in [-0.15, -0.1) is 0 Å². The Morgan fingerprint density at radius 2 is 1.88 bits per heavy atom. The van der Waals surface area contributed by atoms with E-state index in [-0.39, 0.29) is 11.4 Å². The van der Waals surface area contributed by atoms with Crippen molar-refractivity contribution >= 4 is 17.3 Å². The summed E-state index contributed by atoms with van der Waals surface area (Å²) in [5.74, 6) is -0.471. The molecule has 1 heterocycles. The van der Waals surface area contributed by atoms with Crippen molar-refractivity contribution < 1.29 is 22.8 Å². The Balaban J connectivity index is 2.47. The Hall–Kier alpha value is -2.90. The Labute approximate surface area is 148 Å². The maximum absolute atomic E-state index is 13.0. The first-order valence-electron chi connectivity index (χ1n) is 7.69. The van der Waals surface area contributed by atoms with Crippen LogP contribution in [-0.2, 0) is 15.8 Å². The predicted octanol–water partition coefficient (Wildman–Crippen LogP) is 4.35. The first-order valence-corrected chi connectivity index (χ1v) is 7.69. The van der Waals surface area contributed by atoms with Gasteiger partial charge in [0.2, 0.25) is 0 Å². The van der Waals surface area contributed by atoms with Crippen LogP contribution < -0.4 is 5.32 Å². The number of benzene rings is 1. The second kappa shape index (κ2) is 7.55. The number of pyridine rings is 1. The molecule has 5 nitrogen and oxygen atoms in total. The fourth-order valence-corrected chi connectivity index (χ4v) is 2.38. The lowest BCUT2D eigenvalue weighted by Crippen LogP contribution is -2.21. The number of aromatic nitrogens is 1. The number of rotatable bonds is 4. The summed E-state index contributed by atoms with van der Waals surface area (Å²) in [4.78, 5) is 20.4. The van der Waals surface area contributed by atoms with Gasteiger partial charge in [-0.2, -0.15) is 13.2 Å². The highest BCUT2D eigenvalue weighted by molar-refractivity contribution is 6.42. The van der Waals surface area contributed by atoms with Crippen LogP contribution in [0.15, 0.2) is 35.5 Å². The van der Waals surface area contributed by atoms with E-state index in [0.717, 1.165) is 6.07 Å². The maximum Gasteiger partial charge on any atom is 0.433 e. The van der Waals surface area contributed by atoms with Crippen molar-refractivity contribution in [2.24, 2.45) is 5.16 Å². The van der Waals surface area contributed by atoms with E-state index in [1.54, 1.807) is 32.0 Å². The minimum absolute atomic E-state index is 0.116. The number of halogens is 3. The molecule has 0 bridgehead atoms. The molecule has 0 atom stereocenters. The van der Waals surface area contributed by atoms with Crippen molar-refractivity contribution in [1.82, 2.24) is 4.98 Å². The van der Waals surface area contributed by atoms with E-state index < -0.39 is 17.8 Å². The van der Waals surface area contributed by atoms with Crippen LogP contribution in [0.3, 0.4) is 0 Å². The highest BCUT2D eigenvalue weighted by Crippen LogP contribution is 2.33. The number of alkyl halides is 3. The Morgan fingerprint density at radius 1 is 1.19 bits per heavy atom. The van der Waals surface area contributed by atoms with Gasteiger partial charge < -0.3 is 10.2 Å². The van der Waals surface area contributed by atoms with Crippen LogP contribution in [0.5, 0.6) is 0 Å². The molecular weight excluding hydrogens is 347 g/mol. The van der Waals surface area contributed by atoms with Crippen molar-refractivity contribution in [2.75, 3.05) is 12.4 Å². The lowest BCUT2D eigenvalue weighted by atomic mass is 9.99. The molecule has 1 N–H and O–H groups in total. The summed E-state index contributed by atoms with van der Waals surface area (Å²) in [6.07, 6.45) is -4.53. The minimum Gasteiger partial charge on any atom is -0.399 e. The van der Waals surface area contributed by atoms with Crippen molar-refractivity contribution in [3.63, 3.8) is 0 Å². The zero-order valence-electron chi connectivity index (χ0n) is 14.7. The number of anilines is 1. The van der Waals surface area contributed by atoms with Gasteiger partial charge in [-0.25, -0.2) is 4.98 Å². The van der Waals surface area contributed by atoms with Gasteiger partial charge in [0.15, 0.2) is 0 Å².